The molecule has 2 heteroatoms. The second-order valence-electron chi connectivity index (χ2n) is 3.87. The maximum atomic E-state index is 9.06. The van der Waals surface area contributed by atoms with Gasteiger partial charge in [0.25, 0.3) is 0 Å². The van der Waals surface area contributed by atoms with Crippen molar-refractivity contribution in [3.63, 3.8) is 0 Å². The molecule has 0 aromatic rings. The highest BCUT2D eigenvalue weighted by Gasteiger charge is 2.52. The standard InChI is InChI=1S/C8H17NO/c1-7(2,6-10)8(9-3)4-5-8/h9-10H,4-6H2,1-3H3. The molecule has 0 aromatic heterocycles. The van der Waals surface area contributed by atoms with Crippen molar-refractivity contribution in [2.24, 2.45) is 5.41 Å². The number of aliphatic hydroxyl groups is 1. The number of hydrogen-bond acceptors (Lipinski definition) is 2. The molecule has 0 heterocycles. The average molecular weight is 143 g/mol. The minimum absolute atomic E-state index is 0.0434. The van der Waals surface area contributed by atoms with Gasteiger partial charge in [0.05, 0.1) is 0 Å². The Morgan fingerprint density at radius 1 is 1.50 bits per heavy atom. The lowest BCUT2D eigenvalue weighted by Crippen LogP contribution is -2.44. The zero-order valence-corrected chi connectivity index (χ0v) is 7.07. The molecule has 0 bridgehead atoms. The van der Waals surface area contributed by atoms with Gasteiger partial charge in [-0.1, -0.05) is 13.8 Å². The van der Waals surface area contributed by atoms with Crippen molar-refractivity contribution in [1.82, 2.24) is 5.32 Å². The van der Waals surface area contributed by atoms with E-state index in [1.54, 1.807) is 0 Å². The minimum atomic E-state index is 0.0434. The Balaban J connectivity index is 2.62. The zero-order valence-electron chi connectivity index (χ0n) is 7.07. The van der Waals surface area contributed by atoms with E-state index in [2.05, 4.69) is 19.2 Å². The molecule has 2 nitrogen and oxygen atoms in total. The molecular weight excluding hydrogens is 126 g/mol. The summed E-state index contributed by atoms with van der Waals surface area (Å²) in [4.78, 5) is 0. The Hall–Kier alpha value is -0.0800. The van der Waals surface area contributed by atoms with Gasteiger partial charge < -0.3 is 10.4 Å². The lowest BCUT2D eigenvalue weighted by atomic mass is 9.83. The summed E-state index contributed by atoms with van der Waals surface area (Å²) in [5.41, 5.74) is 0.281. The summed E-state index contributed by atoms with van der Waals surface area (Å²) < 4.78 is 0. The van der Waals surface area contributed by atoms with Gasteiger partial charge in [0, 0.05) is 17.6 Å². The topological polar surface area (TPSA) is 32.3 Å². The Morgan fingerprint density at radius 3 is 2.10 bits per heavy atom. The van der Waals surface area contributed by atoms with E-state index in [9.17, 15) is 0 Å². The maximum Gasteiger partial charge on any atom is 0.0499 e. The molecule has 1 fully saturated rings. The lowest BCUT2D eigenvalue weighted by Gasteiger charge is -2.32. The molecular formula is C8H17NO. The van der Waals surface area contributed by atoms with Crippen molar-refractivity contribution in [2.45, 2.75) is 32.2 Å². The molecule has 1 rings (SSSR count). The molecule has 1 saturated carbocycles. The first-order valence-corrected chi connectivity index (χ1v) is 3.88. The zero-order chi connectivity index (χ0) is 7.83. The summed E-state index contributed by atoms with van der Waals surface area (Å²) in [6, 6.07) is 0. The first-order valence-electron chi connectivity index (χ1n) is 3.88. The van der Waals surface area contributed by atoms with E-state index in [1.165, 1.54) is 12.8 Å². The molecule has 0 spiro atoms. The van der Waals surface area contributed by atoms with Crippen molar-refractivity contribution < 1.29 is 5.11 Å². The second kappa shape index (κ2) is 2.21. The minimum Gasteiger partial charge on any atom is -0.396 e. The molecule has 0 unspecified atom stereocenters. The summed E-state index contributed by atoms with van der Waals surface area (Å²) in [7, 11) is 1.98. The Labute approximate surface area is 62.6 Å². The van der Waals surface area contributed by atoms with Crippen LogP contribution in [0.2, 0.25) is 0 Å². The molecule has 0 aromatic carbocycles. The van der Waals surface area contributed by atoms with Crippen LogP contribution in [0, 0.1) is 5.41 Å². The van der Waals surface area contributed by atoms with Crippen molar-refractivity contribution in [2.75, 3.05) is 13.7 Å². The SMILES string of the molecule is CNC1(C(C)(C)CO)CC1. The molecule has 2 N–H and O–H groups in total. The van der Waals surface area contributed by atoms with Crippen molar-refractivity contribution in [3.05, 3.63) is 0 Å². The predicted octanol–water partition coefficient (Wildman–Crippen LogP) is 0.757. The van der Waals surface area contributed by atoms with Gasteiger partial charge in [-0.2, -0.15) is 0 Å². The average Bonchev–Trinajstić information content (AvgIpc) is 2.67. The quantitative estimate of drug-likeness (QED) is 0.611. The highest BCUT2D eigenvalue weighted by Crippen LogP contribution is 2.49. The number of nitrogens with one attached hydrogen (secondary N) is 1. The smallest absolute Gasteiger partial charge is 0.0499 e. The fourth-order valence-corrected chi connectivity index (χ4v) is 1.54. The van der Waals surface area contributed by atoms with Crippen molar-refractivity contribution in [3.8, 4) is 0 Å². The third-order valence-electron chi connectivity index (χ3n) is 2.92. The maximum absolute atomic E-state index is 9.06. The normalized spacial score (nSPS) is 22.8. The molecule has 0 aliphatic heterocycles. The van der Waals surface area contributed by atoms with Crippen molar-refractivity contribution >= 4 is 0 Å². The lowest BCUT2D eigenvalue weighted by molar-refractivity contribution is 0.108. The first-order chi connectivity index (χ1) is 4.58. The van der Waals surface area contributed by atoms with E-state index in [1.807, 2.05) is 7.05 Å². The predicted molar refractivity (Wildman–Crippen MR) is 41.9 cm³/mol. The largest absolute Gasteiger partial charge is 0.396 e. The van der Waals surface area contributed by atoms with Gasteiger partial charge in [0.15, 0.2) is 0 Å². The summed E-state index contributed by atoms with van der Waals surface area (Å²) >= 11 is 0. The third kappa shape index (κ3) is 0.956. The van der Waals surface area contributed by atoms with E-state index < -0.39 is 0 Å². The summed E-state index contributed by atoms with van der Waals surface area (Å²) in [6.45, 7) is 4.49. The van der Waals surface area contributed by atoms with Crippen LogP contribution in [0.5, 0.6) is 0 Å². The molecule has 60 valence electrons. The van der Waals surface area contributed by atoms with Gasteiger partial charge in [-0.3, -0.25) is 0 Å². The van der Waals surface area contributed by atoms with Crippen LogP contribution in [-0.4, -0.2) is 24.3 Å². The monoisotopic (exact) mass is 143 g/mol. The second-order valence-corrected chi connectivity index (χ2v) is 3.87. The Bertz CT molecular complexity index is 123. The van der Waals surface area contributed by atoms with Crippen LogP contribution in [0.1, 0.15) is 26.7 Å². The summed E-state index contributed by atoms with van der Waals surface area (Å²) in [6.07, 6.45) is 2.41. The van der Waals surface area contributed by atoms with Gasteiger partial charge in [0.2, 0.25) is 0 Å². The first kappa shape index (κ1) is 8.02. The molecule has 0 saturated heterocycles. The van der Waals surface area contributed by atoms with Gasteiger partial charge in [-0.15, -0.1) is 0 Å². The Kier molecular flexibility index (Phi) is 1.77. The highest BCUT2D eigenvalue weighted by molar-refractivity contribution is 5.10. The van der Waals surface area contributed by atoms with Gasteiger partial charge in [0.1, 0.15) is 0 Å². The molecule has 10 heavy (non-hydrogen) atoms. The van der Waals surface area contributed by atoms with E-state index in [0.717, 1.165) is 0 Å². The van der Waals surface area contributed by atoms with E-state index in [4.69, 9.17) is 5.11 Å². The van der Waals surface area contributed by atoms with Crippen LogP contribution in [0.3, 0.4) is 0 Å². The van der Waals surface area contributed by atoms with Gasteiger partial charge in [-0.05, 0) is 19.9 Å². The van der Waals surface area contributed by atoms with Crippen LogP contribution in [0.4, 0.5) is 0 Å². The fraction of sp³-hybridized carbons (Fsp3) is 1.00. The van der Waals surface area contributed by atoms with E-state index in [0.29, 0.717) is 0 Å². The van der Waals surface area contributed by atoms with Gasteiger partial charge in [-0.25, -0.2) is 0 Å². The summed E-state index contributed by atoms with van der Waals surface area (Å²) in [5.74, 6) is 0. The highest BCUT2D eigenvalue weighted by atomic mass is 16.3. The molecule has 0 amide bonds. The van der Waals surface area contributed by atoms with Crippen LogP contribution < -0.4 is 5.32 Å². The number of hydrogen-bond donors (Lipinski definition) is 2. The van der Waals surface area contributed by atoms with Crippen LogP contribution >= 0.6 is 0 Å². The number of rotatable bonds is 3. The fourth-order valence-electron chi connectivity index (χ4n) is 1.54. The number of aliphatic hydroxyl groups excluding tert-OH is 1. The molecule has 0 atom stereocenters. The van der Waals surface area contributed by atoms with Crippen LogP contribution in [0.15, 0.2) is 0 Å². The van der Waals surface area contributed by atoms with E-state index in [-0.39, 0.29) is 17.6 Å². The molecule has 1 aliphatic rings. The van der Waals surface area contributed by atoms with Gasteiger partial charge >= 0.3 is 0 Å². The molecule has 0 radical (unpaired) electrons. The van der Waals surface area contributed by atoms with Crippen molar-refractivity contribution in [1.29, 1.82) is 0 Å². The Morgan fingerprint density at radius 2 is 2.00 bits per heavy atom. The molecule has 1 aliphatic carbocycles. The van der Waals surface area contributed by atoms with E-state index >= 15 is 0 Å². The third-order valence-corrected chi connectivity index (χ3v) is 2.92. The van der Waals surface area contributed by atoms with Crippen LogP contribution in [0.25, 0.3) is 0 Å². The van der Waals surface area contributed by atoms with Crippen LogP contribution in [-0.2, 0) is 0 Å². The summed E-state index contributed by atoms with van der Waals surface area (Å²) in [5, 5.41) is 12.3.